The van der Waals surface area contributed by atoms with Crippen molar-refractivity contribution in [2.45, 2.75) is 12.8 Å². The van der Waals surface area contributed by atoms with E-state index in [0.29, 0.717) is 18.4 Å². The molecule has 0 fully saturated rings. The van der Waals surface area contributed by atoms with Gasteiger partial charge in [-0.2, -0.15) is 5.26 Å². The highest BCUT2D eigenvalue weighted by molar-refractivity contribution is 7.80. The highest BCUT2D eigenvalue weighted by Gasteiger charge is 2.05. The summed E-state index contributed by atoms with van der Waals surface area (Å²) in [5, 5.41) is 14.5. The molecule has 2 N–H and O–H groups in total. The number of carbonyl (C=O) groups excluding carboxylic acids is 1. The summed E-state index contributed by atoms with van der Waals surface area (Å²) in [5.41, 5.74) is 2.42. The first kappa shape index (κ1) is 15.7. The van der Waals surface area contributed by atoms with Crippen molar-refractivity contribution in [1.29, 1.82) is 5.26 Å². The van der Waals surface area contributed by atoms with E-state index in [1.807, 2.05) is 36.4 Å². The van der Waals surface area contributed by atoms with Crippen LogP contribution in [-0.2, 0) is 11.2 Å². The van der Waals surface area contributed by atoms with Crippen LogP contribution in [0.4, 0.5) is 5.69 Å². The van der Waals surface area contributed by atoms with E-state index in [4.69, 9.17) is 17.5 Å². The number of thiocarbonyl (C=S) groups is 1. The normalized spacial score (nSPS) is 9.59. The molecule has 4 nitrogen and oxygen atoms in total. The van der Waals surface area contributed by atoms with Gasteiger partial charge in [0.2, 0.25) is 5.91 Å². The third kappa shape index (κ3) is 5.00. The van der Waals surface area contributed by atoms with Crippen molar-refractivity contribution in [2.24, 2.45) is 0 Å². The molecule has 0 saturated heterocycles. The van der Waals surface area contributed by atoms with E-state index in [0.717, 1.165) is 11.3 Å². The minimum atomic E-state index is -0.130. The molecule has 0 bridgehead atoms. The number of amides is 1. The van der Waals surface area contributed by atoms with Gasteiger partial charge in [-0.1, -0.05) is 30.3 Å². The van der Waals surface area contributed by atoms with Gasteiger partial charge in [-0.25, -0.2) is 0 Å². The minimum absolute atomic E-state index is 0.130. The maximum atomic E-state index is 11.8. The number of rotatable bonds is 4. The molecule has 5 heteroatoms. The molecule has 1 amide bonds. The van der Waals surface area contributed by atoms with E-state index in [1.165, 1.54) is 0 Å². The molecule has 0 aliphatic carbocycles. The third-order valence-corrected chi connectivity index (χ3v) is 3.21. The molecule has 0 aliphatic heterocycles. The van der Waals surface area contributed by atoms with Crippen molar-refractivity contribution < 1.29 is 4.79 Å². The molecule has 2 aromatic carbocycles. The zero-order valence-electron chi connectivity index (χ0n) is 11.9. The van der Waals surface area contributed by atoms with E-state index in [2.05, 4.69) is 10.6 Å². The largest absolute Gasteiger partial charge is 0.332 e. The average Bonchev–Trinajstić information content (AvgIpc) is 2.54. The molecule has 2 rings (SSSR count). The van der Waals surface area contributed by atoms with Crippen molar-refractivity contribution in [3.63, 3.8) is 0 Å². The Labute approximate surface area is 134 Å². The first-order valence-electron chi connectivity index (χ1n) is 6.82. The summed E-state index contributed by atoms with van der Waals surface area (Å²) in [6.07, 6.45) is 1.05. The standard InChI is InChI=1S/C17H15N3OS/c18-12-14-6-9-15(10-7-14)19-17(22)20-16(21)11-8-13-4-2-1-3-5-13/h1-7,9-10H,8,11H2,(H2,19,20,21,22). The summed E-state index contributed by atoms with van der Waals surface area (Å²) in [7, 11) is 0. The molecule has 22 heavy (non-hydrogen) atoms. The van der Waals surface area contributed by atoms with Crippen LogP contribution in [0, 0.1) is 11.3 Å². The predicted octanol–water partition coefficient (Wildman–Crippen LogP) is 3.00. The lowest BCUT2D eigenvalue weighted by Gasteiger charge is -2.09. The van der Waals surface area contributed by atoms with Crippen molar-refractivity contribution in [3.8, 4) is 6.07 Å². The van der Waals surface area contributed by atoms with Gasteiger partial charge < -0.3 is 10.6 Å². The van der Waals surface area contributed by atoms with Crippen LogP contribution in [0.1, 0.15) is 17.5 Å². The quantitative estimate of drug-likeness (QED) is 0.852. The van der Waals surface area contributed by atoms with Gasteiger partial charge in [0.15, 0.2) is 5.11 Å². The summed E-state index contributed by atoms with van der Waals surface area (Å²) in [4.78, 5) is 11.8. The van der Waals surface area contributed by atoms with E-state index in [1.54, 1.807) is 24.3 Å². The molecular weight excluding hydrogens is 294 g/mol. The Kier molecular flexibility index (Phi) is 5.64. The van der Waals surface area contributed by atoms with Gasteiger partial charge in [0, 0.05) is 12.1 Å². The van der Waals surface area contributed by atoms with E-state index >= 15 is 0 Å². The van der Waals surface area contributed by atoms with Crippen molar-refractivity contribution in [2.75, 3.05) is 5.32 Å². The van der Waals surface area contributed by atoms with Crippen molar-refractivity contribution in [3.05, 3.63) is 65.7 Å². The minimum Gasteiger partial charge on any atom is -0.332 e. The molecule has 0 radical (unpaired) electrons. The first-order chi connectivity index (χ1) is 10.7. The number of benzene rings is 2. The van der Waals surface area contributed by atoms with Crippen molar-refractivity contribution >= 4 is 28.9 Å². The Morgan fingerprint density at radius 1 is 1.09 bits per heavy atom. The maximum absolute atomic E-state index is 11.8. The number of aryl methyl sites for hydroxylation is 1. The van der Waals surface area contributed by atoms with Gasteiger partial charge in [-0.3, -0.25) is 4.79 Å². The first-order valence-corrected chi connectivity index (χ1v) is 7.23. The van der Waals surface area contributed by atoms with E-state index in [9.17, 15) is 4.79 Å². The summed E-state index contributed by atoms with van der Waals surface area (Å²) in [6.45, 7) is 0. The summed E-state index contributed by atoms with van der Waals surface area (Å²) in [5.74, 6) is -0.130. The number of carbonyl (C=O) groups is 1. The highest BCUT2D eigenvalue weighted by atomic mass is 32.1. The SMILES string of the molecule is N#Cc1ccc(NC(=S)NC(=O)CCc2ccccc2)cc1. The van der Waals surface area contributed by atoms with Gasteiger partial charge in [0.1, 0.15) is 0 Å². The Hall–Kier alpha value is -2.71. The van der Waals surface area contributed by atoms with Crippen LogP contribution in [0.3, 0.4) is 0 Å². The fourth-order valence-corrected chi connectivity index (χ4v) is 2.11. The second kappa shape index (κ2) is 7.91. The lowest BCUT2D eigenvalue weighted by molar-refractivity contribution is -0.119. The second-order valence-electron chi connectivity index (χ2n) is 4.68. The van der Waals surface area contributed by atoms with Gasteiger partial charge >= 0.3 is 0 Å². The van der Waals surface area contributed by atoms with Crippen LogP contribution >= 0.6 is 12.2 Å². The second-order valence-corrected chi connectivity index (χ2v) is 5.09. The van der Waals surface area contributed by atoms with Crippen LogP contribution in [0.5, 0.6) is 0 Å². The zero-order valence-corrected chi connectivity index (χ0v) is 12.7. The number of anilines is 1. The Balaban J connectivity index is 1.78. The molecule has 2 aromatic rings. The Morgan fingerprint density at radius 2 is 1.77 bits per heavy atom. The van der Waals surface area contributed by atoms with Gasteiger partial charge in [0.05, 0.1) is 11.6 Å². The van der Waals surface area contributed by atoms with E-state index in [-0.39, 0.29) is 11.0 Å². The fourth-order valence-electron chi connectivity index (χ4n) is 1.88. The topological polar surface area (TPSA) is 64.9 Å². The summed E-state index contributed by atoms with van der Waals surface area (Å²) < 4.78 is 0. The lowest BCUT2D eigenvalue weighted by Crippen LogP contribution is -2.34. The number of nitrogens with zero attached hydrogens (tertiary/aromatic N) is 1. The lowest BCUT2D eigenvalue weighted by atomic mass is 10.1. The molecule has 0 aliphatic rings. The number of nitriles is 1. The van der Waals surface area contributed by atoms with E-state index < -0.39 is 0 Å². The fraction of sp³-hybridized carbons (Fsp3) is 0.118. The van der Waals surface area contributed by atoms with Gasteiger partial charge in [-0.05, 0) is 48.5 Å². The average molecular weight is 309 g/mol. The molecule has 0 heterocycles. The molecular formula is C17H15N3OS. The molecule has 0 saturated carbocycles. The van der Waals surface area contributed by atoms with Crippen LogP contribution in [-0.4, -0.2) is 11.0 Å². The van der Waals surface area contributed by atoms with Crippen molar-refractivity contribution in [1.82, 2.24) is 5.32 Å². The smallest absolute Gasteiger partial charge is 0.226 e. The number of hydrogen-bond donors (Lipinski definition) is 2. The Morgan fingerprint density at radius 3 is 2.41 bits per heavy atom. The van der Waals surface area contributed by atoms with Crippen LogP contribution in [0.2, 0.25) is 0 Å². The summed E-state index contributed by atoms with van der Waals surface area (Å²) in [6, 6.07) is 18.7. The molecule has 110 valence electrons. The van der Waals surface area contributed by atoms with Crippen LogP contribution < -0.4 is 10.6 Å². The zero-order chi connectivity index (χ0) is 15.8. The number of nitrogens with one attached hydrogen (secondary N) is 2. The van der Waals surface area contributed by atoms with Crippen LogP contribution in [0.25, 0.3) is 0 Å². The third-order valence-electron chi connectivity index (χ3n) is 3.01. The Bertz CT molecular complexity index is 690. The predicted molar refractivity (Wildman–Crippen MR) is 90.3 cm³/mol. The molecule has 0 spiro atoms. The van der Waals surface area contributed by atoms with Crippen LogP contribution in [0.15, 0.2) is 54.6 Å². The number of hydrogen-bond acceptors (Lipinski definition) is 3. The molecule has 0 unspecified atom stereocenters. The monoisotopic (exact) mass is 309 g/mol. The van der Waals surface area contributed by atoms with Gasteiger partial charge in [-0.15, -0.1) is 0 Å². The highest BCUT2D eigenvalue weighted by Crippen LogP contribution is 2.08. The summed E-state index contributed by atoms with van der Waals surface area (Å²) >= 11 is 5.10. The molecule has 0 atom stereocenters. The molecule has 0 aromatic heterocycles. The maximum Gasteiger partial charge on any atom is 0.226 e. The van der Waals surface area contributed by atoms with Gasteiger partial charge in [0.25, 0.3) is 0 Å².